The van der Waals surface area contributed by atoms with E-state index in [4.69, 9.17) is 10.00 Å². The SMILES string of the molecule is CCOC(=O)Cc1cc(SC(F)(F)F)c(C#N)cc1C=O. The van der Waals surface area contributed by atoms with E-state index in [1.54, 1.807) is 13.0 Å². The van der Waals surface area contributed by atoms with Crippen molar-refractivity contribution in [2.45, 2.75) is 23.7 Å². The van der Waals surface area contributed by atoms with Crippen molar-refractivity contribution in [2.75, 3.05) is 6.61 Å². The van der Waals surface area contributed by atoms with Gasteiger partial charge in [0.15, 0.2) is 0 Å². The third-order valence-corrected chi connectivity index (χ3v) is 3.14. The van der Waals surface area contributed by atoms with Crippen molar-refractivity contribution in [3.8, 4) is 6.07 Å². The summed E-state index contributed by atoms with van der Waals surface area (Å²) in [5, 5.41) is 8.85. The van der Waals surface area contributed by atoms with Crippen LogP contribution in [0, 0.1) is 11.3 Å². The van der Waals surface area contributed by atoms with E-state index in [2.05, 4.69) is 0 Å². The van der Waals surface area contributed by atoms with Gasteiger partial charge in [-0.3, -0.25) is 9.59 Å². The van der Waals surface area contributed by atoms with E-state index in [1.165, 1.54) is 0 Å². The molecule has 0 aliphatic heterocycles. The van der Waals surface area contributed by atoms with Crippen LogP contribution in [0.1, 0.15) is 28.4 Å². The molecule has 0 fully saturated rings. The van der Waals surface area contributed by atoms with E-state index in [0.717, 1.165) is 12.1 Å². The molecule has 4 nitrogen and oxygen atoms in total. The van der Waals surface area contributed by atoms with Gasteiger partial charge in [-0.25, -0.2) is 0 Å². The van der Waals surface area contributed by atoms with Gasteiger partial charge in [0.1, 0.15) is 12.4 Å². The van der Waals surface area contributed by atoms with Crippen LogP contribution in [0.15, 0.2) is 17.0 Å². The van der Waals surface area contributed by atoms with Crippen molar-refractivity contribution in [3.63, 3.8) is 0 Å². The topological polar surface area (TPSA) is 67.2 Å². The van der Waals surface area contributed by atoms with Gasteiger partial charge in [0, 0.05) is 10.5 Å². The molecule has 0 saturated heterocycles. The Bertz CT molecular complexity index is 594. The van der Waals surface area contributed by atoms with E-state index in [-0.39, 0.29) is 34.6 Å². The minimum absolute atomic E-state index is 0.00822. The number of halogens is 3. The first-order valence-corrected chi connectivity index (χ1v) is 6.56. The third-order valence-electron chi connectivity index (χ3n) is 2.35. The van der Waals surface area contributed by atoms with Crippen LogP contribution in [0.25, 0.3) is 0 Å². The van der Waals surface area contributed by atoms with Crippen LogP contribution in [0.4, 0.5) is 13.2 Å². The van der Waals surface area contributed by atoms with Gasteiger partial charge in [-0.15, -0.1) is 0 Å². The normalized spacial score (nSPS) is 10.8. The van der Waals surface area contributed by atoms with Gasteiger partial charge in [0.25, 0.3) is 0 Å². The Kier molecular flexibility index (Phi) is 5.79. The lowest BCUT2D eigenvalue weighted by atomic mass is 10.0. The number of thioether (sulfide) groups is 1. The quantitative estimate of drug-likeness (QED) is 0.474. The Morgan fingerprint density at radius 1 is 1.48 bits per heavy atom. The molecule has 112 valence electrons. The molecule has 0 heterocycles. The summed E-state index contributed by atoms with van der Waals surface area (Å²) in [5.41, 5.74) is -4.76. The first-order valence-electron chi connectivity index (χ1n) is 5.74. The number of nitriles is 1. The number of carbonyl (C=O) groups excluding carboxylic acids is 2. The average molecular weight is 317 g/mol. The lowest BCUT2D eigenvalue weighted by molar-refractivity contribution is -0.142. The van der Waals surface area contributed by atoms with Gasteiger partial charge < -0.3 is 4.74 Å². The Morgan fingerprint density at radius 3 is 2.62 bits per heavy atom. The average Bonchev–Trinajstić information content (AvgIpc) is 2.37. The smallest absolute Gasteiger partial charge is 0.446 e. The summed E-state index contributed by atoms with van der Waals surface area (Å²) in [6.45, 7) is 1.71. The van der Waals surface area contributed by atoms with Crippen LogP contribution in [0.5, 0.6) is 0 Å². The molecule has 1 aromatic carbocycles. The number of aldehydes is 1. The van der Waals surface area contributed by atoms with Crippen LogP contribution in [-0.2, 0) is 16.0 Å². The first-order chi connectivity index (χ1) is 9.80. The van der Waals surface area contributed by atoms with Gasteiger partial charge >= 0.3 is 11.5 Å². The molecule has 0 aromatic heterocycles. The van der Waals surface area contributed by atoms with Gasteiger partial charge in [0.05, 0.1) is 18.6 Å². The highest BCUT2D eigenvalue weighted by atomic mass is 32.2. The lowest BCUT2D eigenvalue weighted by Crippen LogP contribution is -2.10. The summed E-state index contributed by atoms with van der Waals surface area (Å²) in [4.78, 5) is 22.0. The molecule has 0 aliphatic carbocycles. The number of nitrogens with zero attached hydrogens (tertiary/aromatic N) is 1. The second-order valence-corrected chi connectivity index (χ2v) is 4.91. The summed E-state index contributed by atoms with van der Waals surface area (Å²) in [6.07, 6.45) is 0.0521. The van der Waals surface area contributed by atoms with Crippen molar-refractivity contribution in [1.82, 2.24) is 0 Å². The molecule has 0 N–H and O–H groups in total. The fourth-order valence-electron chi connectivity index (χ4n) is 1.57. The van der Waals surface area contributed by atoms with Crippen molar-refractivity contribution in [1.29, 1.82) is 5.26 Å². The highest BCUT2D eigenvalue weighted by Crippen LogP contribution is 2.39. The Balaban J connectivity index is 3.23. The van der Waals surface area contributed by atoms with Crippen LogP contribution < -0.4 is 0 Å². The number of hydrogen-bond donors (Lipinski definition) is 0. The zero-order chi connectivity index (χ0) is 16.0. The van der Waals surface area contributed by atoms with E-state index < -0.39 is 23.2 Å². The van der Waals surface area contributed by atoms with Crippen LogP contribution in [0.3, 0.4) is 0 Å². The second kappa shape index (κ2) is 7.13. The summed E-state index contributed by atoms with van der Waals surface area (Å²) < 4.78 is 42.0. The molecule has 0 bridgehead atoms. The second-order valence-electron chi connectivity index (χ2n) is 3.81. The van der Waals surface area contributed by atoms with Crippen LogP contribution in [-0.4, -0.2) is 24.4 Å². The minimum atomic E-state index is -4.57. The number of benzene rings is 1. The van der Waals surface area contributed by atoms with Crippen molar-refractivity contribution >= 4 is 24.0 Å². The maximum Gasteiger partial charge on any atom is 0.446 e. The number of ether oxygens (including phenoxy) is 1. The Morgan fingerprint density at radius 2 is 2.14 bits per heavy atom. The maximum atomic E-state index is 12.4. The first kappa shape index (κ1) is 17.0. The zero-order valence-electron chi connectivity index (χ0n) is 10.9. The predicted octanol–water partition coefficient (Wildman–Crippen LogP) is 3.09. The Labute approximate surface area is 122 Å². The number of hydrogen-bond acceptors (Lipinski definition) is 5. The largest absolute Gasteiger partial charge is 0.466 e. The molecular weight excluding hydrogens is 307 g/mol. The van der Waals surface area contributed by atoms with Gasteiger partial charge in [-0.1, -0.05) is 0 Å². The lowest BCUT2D eigenvalue weighted by Gasteiger charge is -2.11. The fourth-order valence-corrected chi connectivity index (χ4v) is 2.23. The van der Waals surface area contributed by atoms with Crippen molar-refractivity contribution in [2.24, 2.45) is 0 Å². The van der Waals surface area contributed by atoms with Crippen LogP contribution >= 0.6 is 11.8 Å². The summed E-state index contributed by atoms with van der Waals surface area (Å²) >= 11 is -0.465. The van der Waals surface area contributed by atoms with E-state index >= 15 is 0 Å². The highest BCUT2D eigenvalue weighted by molar-refractivity contribution is 8.00. The maximum absolute atomic E-state index is 12.4. The monoisotopic (exact) mass is 317 g/mol. The fraction of sp³-hybridized carbons (Fsp3) is 0.308. The van der Waals surface area contributed by atoms with Gasteiger partial charge in [-0.2, -0.15) is 18.4 Å². The van der Waals surface area contributed by atoms with Gasteiger partial charge in [0.2, 0.25) is 0 Å². The molecule has 8 heteroatoms. The highest BCUT2D eigenvalue weighted by Gasteiger charge is 2.31. The Hall–Kier alpha value is -2.01. The molecule has 0 radical (unpaired) electrons. The van der Waals surface area contributed by atoms with E-state index in [0.29, 0.717) is 6.29 Å². The number of alkyl halides is 3. The predicted molar refractivity (Wildman–Crippen MR) is 68.8 cm³/mol. The molecule has 0 amide bonds. The molecule has 0 saturated carbocycles. The minimum Gasteiger partial charge on any atom is -0.466 e. The summed E-state index contributed by atoms with van der Waals surface area (Å²) in [6, 6.07) is 3.67. The van der Waals surface area contributed by atoms with Gasteiger partial charge in [-0.05, 0) is 36.4 Å². The summed E-state index contributed by atoms with van der Waals surface area (Å²) in [7, 11) is 0. The van der Waals surface area contributed by atoms with Crippen molar-refractivity contribution in [3.05, 3.63) is 28.8 Å². The molecule has 0 spiro atoms. The standard InChI is InChI=1S/C13H10F3NO3S/c1-2-20-12(19)5-8-4-11(21-13(14,15)16)9(6-17)3-10(8)7-18/h3-4,7H,2,5H2,1H3. The number of rotatable bonds is 5. The molecule has 0 aliphatic rings. The molecule has 21 heavy (non-hydrogen) atoms. The summed E-state index contributed by atoms with van der Waals surface area (Å²) in [5.74, 6) is -0.659. The van der Waals surface area contributed by atoms with E-state index in [9.17, 15) is 22.8 Å². The van der Waals surface area contributed by atoms with Crippen LogP contribution in [0.2, 0.25) is 0 Å². The van der Waals surface area contributed by atoms with Crippen molar-refractivity contribution < 1.29 is 27.5 Å². The molecular formula is C13H10F3NO3S. The number of carbonyl (C=O) groups is 2. The molecule has 1 aromatic rings. The molecule has 1 rings (SSSR count). The third kappa shape index (κ3) is 5.11. The van der Waals surface area contributed by atoms with E-state index in [1.807, 2.05) is 0 Å². The number of esters is 1. The zero-order valence-corrected chi connectivity index (χ0v) is 11.7. The molecule has 0 atom stereocenters. The molecule has 0 unspecified atom stereocenters.